The van der Waals surface area contributed by atoms with E-state index in [0.29, 0.717) is 17.0 Å². The number of rotatable bonds is 8. The number of carboxylic acids is 1. The van der Waals surface area contributed by atoms with Crippen molar-refractivity contribution in [3.8, 4) is 23.0 Å². The number of aliphatic hydroxyl groups is 2. The molecule has 0 amide bonds. The summed E-state index contributed by atoms with van der Waals surface area (Å²) in [6.45, 7) is -0.382. The van der Waals surface area contributed by atoms with Crippen molar-refractivity contribution in [2.75, 3.05) is 32.7 Å². The molecule has 0 aromatic heterocycles. The summed E-state index contributed by atoms with van der Waals surface area (Å²) >= 11 is 0. The van der Waals surface area contributed by atoms with Gasteiger partial charge in [-0.25, -0.2) is 4.79 Å². The average molecular weight is 410 g/mol. The summed E-state index contributed by atoms with van der Waals surface area (Å²) < 4.78 is 9.74. The molecule has 0 saturated carbocycles. The molecular weight excluding hydrogens is 384 g/mol. The zero-order chi connectivity index (χ0) is 22.0. The quantitative estimate of drug-likeness (QED) is 0.306. The van der Waals surface area contributed by atoms with Crippen molar-refractivity contribution in [2.24, 2.45) is 5.73 Å². The van der Waals surface area contributed by atoms with E-state index in [0.717, 1.165) is 0 Å². The van der Waals surface area contributed by atoms with Gasteiger partial charge in [0.2, 0.25) is 0 Å². The second kappa shape index (κ2) is 11.6. The third-order valence-corrected chi connectivity index (χ3v) is 3.81. The fourth-order valence-corrected chi connectivity index (χ4v) is 2.19. The van der Waals surface area contributed by atoms with E-state index in [4.69, 9.17) is 25.4 Å². The molecule has 0 spiro atoms. The number of aliphatic hydroxyl groups excluding tert-OH is 2. The molecule has 2 atom stereocenters. The highest BCUT2D eigenvalue weighted by atomic mass is 16.5. The summed E-state index contributed by atoms with van der Waals surface area (Å²) in [4.78, 5) is 10.7. The molecule has 8 N–H and O–H groups in total. The molecule has 0 aliphatic carbocycles. The van der Waals surface area contributed by atoms with Crippen LogP contribution in [0.25, 0.3) is 0 Å². The Morgan fingerprint density at radius 2 is 1.62 bits per heavy atom. The lowest BCUT2D eigenvalue weighted by Gasteiger charge is -2.14. The number of aromatic hydroxyl groups is 2. The van der Waals surface area contributed by atoms with Gasteiger partial charge in [0.25, 0.3) is 0 Å². The number of benzene rings is 2. The Balaban J connectivity index is 0.000000296. The normalized spacial score (nSPS) is 12.2. The molecule has 160 valence electrons. The third-order valence-electron chi connectivity index (χ3n) is 3.81. The summed E-state index contributed by atoms with van der Waals surface area (Å²) in [7, 11) is 2.84. The number of aliphatic carboxylic acids is 1. The summed E-state index contributed by atoms with van der Waals surface area (Å²) in [6.07, 6.45) is -0.713. The van der Waals surface area contributed by atoms with E-state index >= 15 is 0 Å². The van der Waals surface area contributed by atoms with Crippen molar-refractivity contribution in [3.63, 3.8) is 0 Å². The van der Waals surface area contributed by atoms with Gasteiger partial charge in [0.05, 0.1) is 26.9 Å². The minimum absolute atomic E-state index is 0.0380. The van der Waals surface area contributed by atoms with Gasteiger partial charge in [0, 0.05) is 18.3 Å². The van der Waals surface area contributed by atoms with Gasteiger partial charge in [-0.3, -0.25) is 0 Å². The van der Waals surface area contributed by atoms with E-state index in [2.05, 4.69) is 5.32 Å². The zero-order valence-corrected chi connectivity index (χ0v) is 16.1. The first kappa shape index (κ1) is 23.8. The van der Waals surface area contributed by atoms with Crippen molar-refractivity contribution < 1.29 is 39.8 Å². The third kappa shape index (κ3) is 7.03. The van der Waals surface area contributed by atoms with E-state index in [1.54, 1.807) is 12.1 Å². The second-order valence-corrected chi connectivity index (χ2v) is 5.79. The molecular formula is C19H26N2O8. The molecule has 0 aliphatic rings. The van der Waals surface area contributed by atoms with Crippen LogP contribution in [0, 0.1) is 0 Å². The Hall–Kier alpha value is -3.21. The van der Waals surface area contributed by atoms with Crippen molar-refractivity contribution >= 4 is 11.7 Å². The zero-order valence-electron chi connectivity index (χ0n) is 16.1. The first-order valence-corrected chi connectivity index (χ1v) is 8.49. The van der Waals surface area contributed by atoms with E-state index in [1.807, 2.05) is 0 Å². The monoisotopic (exact) mass is 410 g/mol. The van der Waals surface area contributed by atoms with Gasteiger partial charge in [-0.15, -0.1) is 0 Å². The second-order valence-electron chi connectivity index (χ2n) is 5.79. The fourth-order valence-electron chi connectivity index (χ4n) is 2.19. The Bertz CT molecular complexity index is 800. The molecule has 0 heterocycles. The Kier molecular flexibility index (Phi) is 9.52. The van der Waals surface area contributed by atoms with Crippen LogP contribution < -0.4 is 20.5 Å². The standard InChI is InChI=1S/C10H13NO5.C9H13NO3/c1-16-9-4-6(2-3-8(9)13)11-7(5-12)10(14)15;1-13-9-4-6(8(12)5-10)2-3-7(9)11/h2-4,7,11-13H,5H2,1H3,(H,14,15);2-4,8,11-12H,5,10H2,1H3. The van der Waals surface area contributed by atoms with Crippen molar-refractivity contribution in [2.45, 2.75) is 12.1 Å². The molecule has 2 unspecified atom stereocenters. The highest BCUT2D eigenvalue weighted by Crippen LogP contribution is 2.29. The first-order chi connectivity index (χ1) is 13.8. The van der Waals surface area contributed by atoms with E-state index in [9.17, 15) is 20.1 Å². The lowest BCUT2D eigenvalue weighted by atomic mass is 10.1. The number of carboxylic acid groups (broad SMARTS) is 1. The SMILES string of the molecule is COc1cc(C(O)CN)ccc1O.COc1cc(NC(CO)C(=O)O)ccc1O. The molecule has 10 nitrogen and oxygen atoms in total. The molecule has 0 saturated heterocycles. The lowest BCUT2D eigenvalue weighted by molar-refractivity contribution is -0.138. The molecule has 2 aromatic rings. The van der Waals surface area contributed by atoms with Crippen LogP contribution in [0.2, 0.25) is 0 Å². The van der Waals surface area contributed by atoms with Crippen molar-refractivity contribution in [1.82, 2.24) is 0 Å². The first-order valence-electron chi connectivity index (χ1n) is 8.49. The predicted octanol–water partition coefficient (Wildman–Crippen LogP) is 0.651. The van der Waals surface area contributed by atoms with E-state index in [-0.39, 0.29) is 23.8 Å². The summed E-state index contributed by atoms with van der Waals surface area (Å²) in [5, 5.41) is 48.1. The summed E-state index contributed by atoms with van der Waals surface area (Å²) in [5.41, 5.74) is 6.36. The molecule has 0 aliphatic heterocycles. The minimum atomic E-state index is -1.16. The molecule has 0 fully saturated rings. The van der Waals surface area contributed by atoms with Gasteiger partial charge in [-0.05, 0) is 29.8 Å². The van der Waals surface area contributed by atoms with Gasteiger partial charge >= 0.3 is 5.97 Å². The number of phenolic OH excluding ortho intramolecular Hbond substituents is 2. The summed E-state index contributed by atoms with van der Waals surface area (Å²) in [6, 6.07) is 7.85. The van der Waals surface area contributed by atoms with Crippen LogP contribution in [0.4, 0.5) is 5.69 Å². The number of phenols is 2. The average Bonchev–Trinajstić information content (AvgIpc) is 2.73. The van der Waals surface area contributed by atoms with Crippen molar-refractivity contribution in [3.05, 3.63) is 42.0 Å². The summed E-state index contributed by atoms with van der Waals surface area (Å²) in [5.74, 6) is -0.578. The van der Waals surface area contributed by atoms with Crippen molar-refractivity contribution in [1.29, 1.82) is 0 Å². The Morgan fingerprint density at radius 1 is 1.07 bits per heavy atom. The number of carbonyl (C=O) groups is 1. The number of anilines is 1. The maximum absolute atomic E-state index is 10.7. The van der Waals surface area contributed by atoms with Gasteiger partial charge < -0.3 is 46.1 Å². The van der Waals surface area contributed by atoms with Crippen LogP contribution in [0.3, 0.4) is 0 Å². The van der Waals surface area contributed by atoms with Gasteiger partial charge in [-0.1, -0.05) is 6.07 Å². The van der Waals surface area contributed by atoms with Gasteiger partial charge in [-0.2, -0.15) is 0 Å². The lowest BCUT2D eigenvalue weighted by Crippen LogP contribution is -2.32. The minimum Gasteiger partial charge on any atom is -0.504 e. The fraction of sp³-hybridized carbons (Fsp3) is 0.316. The van der Waals surface area contributed by atoms with Gasteiger partial charge in [0.15, 0.2) is 23.0 Å². The van der Waals surface area contributed by atoms with Crippen LogP contribution >= 0.6 is 0 Å². The number of hydrogen-bond acceptors (Lipinski definition) is 9. The maximum atomic E-state index is 10.7. The molecule has 10 heteroatoms. The smallest absolute Gasteiger partial charge is 0.328 e. The molecule has 0 bridgehead atoms. The van der Waals surface area contributed by atoms with Crippen LogP contribution in [0.15, 0.2) is 36.4 Å². The van der Waals surface area contributed by atoms with Crippen LogP contribution in [-0.4, -0.2) is 64.9 Å². The molecule has 0 radical (unpaired) electrons. The molecule has 29 heavy (non-hydrogen) atoms. The number of ether oxygens (including phenoxy) is 2. The Morgan fingerprint density at radius 3 is 2.10 bits per heavy atom. The van der Waals surface area contributed by atoms with Crippen LogP contribution in [-0.2, 0) is 4.79 Å². The molecule has 2 aromatic carbocycles. The maximum Gasteiger partial charge on any atom is 0.328 e. The number of methoxy groups -OCH3 is 2. The van der Waals surface area contributed by atoms with Crippen LogP contribution in [0.5, 0.6) is 23.0 Å². The van der Waals surface area contributed by atoms with Crippen LogP contribution in [0.1, 0.15) is 11.7 Å². The van der Waals surface area contributed by atoms with E-state index in [1.165, 1.54) is 38.5 Å². The largest absolute Gasteiger partial charge is 0.504 e. The number of nitrogens with two attached hydrogens (primary N) is 1. The highest BCUT2D eigenvalue weighted by molar-refractivity contribution is 5.77. The number of hydrogen-bond donors (Lipinski definition) is 7. The molecule has 2 rings (SSSR count). The van der Waals surface area contributed by atoms with Gasteiger partial charge in [0.1, 0.15) is 6.04 Å². The predicted molar refractivity (Wildman–Crippen MR) is 105 cm³/mol. The number of nitrogens with one attached hydrogen (secondary N) is 1. The topological polar surface area (TPSA) is 175 Å². The Labute approximate surface area is 167 Å². The highest BCUT2D eigenvalue weighted by Gasteiger charge is 2.16. The van der Waals surface area contributed by atoms with E-state index < -0.39 is 24.7 Å².